The van der Waals surface area contributed by atoms with Gasteiger partial charge in [-0.3, -0.25) is 4.90 Å². The van der Waals surface area contributed by atoms with Gasteiger partial charge in [-0.1, -0.05) is 29.8 Å². The van der Waals surface area contributed by atoms with Crippen molar-refractivity contribution in [2.75, 3.05) is 13.2 Å². The van der Waals surface area contributed by atoms with Crippen molar-refractivity contribution in [2.45, 2.75) is 19.2 Å². The Hall–Kier alpha value is -2.34. The number of benzene rings is 2. The van der Waals surface area contributed by atoms with E-state index in [0.29, 0.717) is 30.4 Å². The fraction of sp³-hybridized carbons (Fsp3) is 0.238. The highest BCUT2D eigenvalue weighted by Gasteiger charge is 2.16. The predicted molar refractivity (Wildman–Crippen MR) is 102 cm³/mol. The lowest BCUT2D eigenvalue weighted by molar-refractivity contribution is 0.0604. The van der Waals surface area contributed by atoms with Crippen molar-refractivity contribution in [3.63, 3.8) is 0 Å². The first-order valence-corrected chi connectivity index (χ1v) is 9.02. The molecule has 1 atom stereocenters. The molecule has 0 saturated heterocycles. The highest BCUT2D eigenvalue weighted by molar-refractivity contribution is 6.31. The molecule has 0 aliphatic rings. The summed E-state index contributed by atoms with van der Waals surface area (Å²) < 4.78 is 23.9. The molecular formula is C21H21ClFNO3. The number of ether oxygens (including phenoxy) is 1. The third-order valence-corrected chi connectivity index (χ3v) is 4.41. The summed E-state index contributed by atoms with van der Waals surface area (Å²) in [6.07, 6.45) is 0.893. The van der Waals surface area contributed by atoms with Gasteiger partial charge < -0.3 is 14.3 Å². The molecule has 142 valence electrons. The lowest BCUT2D eigenvalue weighted by atomic mass is 10.2. The van der Waals surface area contributed by atoms with Crippen LogP contribution >= 0.6 is 11.6 Å². The molecule has 1 N–H and O–H groups in total. The summed E-state index contributed by atoms with van der Waals surface area (Å²) in [6, 6.07) is 17.0. The van der Waals surface area contributed by atoms with Crippen molar-refractivity contribution in [1.29, 1.82) is 0 Å². The minimum atomic E-state index is -0.729. The molecule has 1 aromatic heterocycles. The Morgan fingerprint density at radius 1 is 1.04 bits per heavy atom. The summed E-state index contributed by atoms with van der Waals surface area (Å²) in [6.45, 7) is 1.57. The molecule has 1 unspecified atom stereocenters. The molecule has 0 aliphatic carbocycles. The lowest BCUT2D eigenvalue weighted by Crippen LogP contribution is -2.35. The van der Waals surface area contributed by atoms with Crippen LogP contribution in [-0.4, -0.2) is 29.3 Å². The van der Waals surface area contributed by atoms with Gasteiger partial charge in [-0.2, -0.15) is 0 Å². The second-order valence-electron chi connectivity index (χ2n) is 6.26. The normalized spacial score (nSPS) is 12.3. The molecule has 0 fully saturated rings. The molecule has 0 spiro atoms. The van der Waals surface area contributed by atoms with Crippen LogP contribution in [0, 0.1) is 5.82 Å². The van der Waals surface area contributed by atoms with Crippen LogP contribution in [0.25, 0.3) is 0 Å². The largest absolute Gasteiger partial charge is 0.491 e. The van der Waals surface area contributed by atoms with Gasteiger partial charge in [0.15, 0.2) is 0 Å². The predicted octanol–water partition coefficient (Wildman–Crippen LogP) is 4.51. The van der Waals surface area contributed by atoms with Crippen molar-refractivity contribution < 1.29 is 18.7 Å². The fourth-order valence-electron chi connectivity index (χ4n) is 2.75. The summed E-state index contributed by atoms with van der Waals surface area (Å²) in [5.41, 5.74) is 0.970. The van der Waals surface area contributed by atoms with Gasteiger partial charge in [-0.25, -0.2) is 4.39 Å². The highest BCUT2D eigenvalue weighted by atomic mass is 35.5. The summed E-state index contributed by atoms with van der Waals surface area (Å²) in [4.78, 5) is 2.04. The molecule has 27 heavy (non-hydrogen) atoms. The van der Waals surface area contributed by atoms with Gasteiger partial charge in [-0.05, 0) is 48.0 Å². The van der Waals surface area contributed by atoms with Crippen molar-refractivity contribution in [2.24, 2.45) is 0 Å². The maximum Gasteiger partial charge on any atom is 0.123 e. The van der Waals surface area contributed by atoms with Gasteiger partial charge in [-0.15, -0.1) is 0 Å². The van der Waals surface area contributed by atoms with Crippen molar-refractivity contribution in [1.82, 2.24) is 4.90 Å². The molecule has 0 radical (unpaired) electrons. The number of rotatable bonds is 9. The Labute approximate surface area is 162 Å². The van der Waals surface area contributed by atoms with Crippen LogP contribution in [-0.2, 0) is 13.1 Å². The Kier molecular flexibility index (Phi) is 6.87. The summed E-state index contributed by atoms with van der Waals surface area (Å²) >= 11 is 6.27. The zero-order valence-electron chi connectivity index (χ0n) is 14.7. The zero-order chi connectivity index (χ0) is 19.1. The van der Waals surface area contributed by atoms with Gasteiger partial charge >= 0.3 is 0 Å². The number of hydrogen-bond donors (Lipinski definition) is 1. The minimum Gasteiger partial charge on any atom is -0.491 e. The average Bonchev–Trinajstić information content (AvgIpc) is 3.16. The van der Waals surface area contributed by atoms with Crippen molar-refractivity contribution >= 4 is 11.6 Å². The van der Waals surface area contributed by atoms with Crippen LogP contribution in [0.4, 0.5) is 4.39 Å². The Morgan fingerprint density at radius 2 is 1.81 bits per heavy atom. The SMILES string of the molecule is OC(COc1ccc(F)cc1)CN(Cc1ccco1)Cc1ccccc1Cl. The number of furan rings is 1. The smallest absolute Gasteiger partial charge is 0.123 e. The van der Waals surface area contributed by atoms with Gasteiger partial charge in [0.1, 0.15) is 30.0 Å². The average molecular weight is 390 g/mol. The second-order valence-corrected chi connectivity index (χ2v) is 6.67. The summed E-state index contributed by atoms with van der Waals surface area (Å²) in [5.74, 6) is 0.986. The quantitative estimate of drug-likeness (QED) is 0.584. The first-order valence-electron chi connectivity index (χ1n) is 8.65. The van der Waals surface area contributed by atoms with Crippen LogP contribution in [0.3, 0.4) is 0 Å². The van der Waals surface area contributed by atoms with E-state index in [-0.39, 0.29) is 12.4 Å². The van der Waals surface area contributed by atoms with Crippen LogP contribution in [0.5, 0.6) is 5.75 Å². The van der Waals surface area contributed by atoms with E-state index in [1.165, 1.54) is 24.3 Å². The highest BCUT2D eigenvalue weighted by Crippen LogP contribution is 2.19. The molecule has 0 aliphatic heterocycles. The van der Waals surface area contributed by atoms with Crippen molar-refractivity contribution in [3.05, 3.63) is 89.1 Å². The van der Waals surface area contributed by atoms with Gasteiger partial charge in [0.2, 0.25) is 0 Å². The molecule has 3 aromatic rings. The van der Waals surface area contributed by atoms with Gasteiger partial charge in [0.05, 0.1) is 12.8 Å². The second kappa shape index (κ2) is 9.55. The first kappa shape index (κ1) is 19.4. The molecular weight excluding hydrogens is 369 g/mol. The lowest BCUT2D eigenvalue weighted by Gasteiger charge is -2.25. The Morgan fingerprint density at radius 3 is 2.52 bits per heavy atom. The van der Waals surface area contributed by atoms with Crippen LogP contribution in [0.2, 0.25) is 5.02 Å². The van der Waals surface area contributed by atoms with E-state index in [1.807, 2.05) is 41.3 Å². The monoisotopic (exact) mass is 389 g/mol. The molecule has 0 amide bonds. The topological polar surface area (TPSA) is 45.8 Å². The molecule has 2 aromatic carbocycles. The minimum absolute atomic E-state index is 0.100. The third kappa shape index (κ3) is 6.10. The maximum atomic E-state index is 12.9. The molecule has 3 rings (SSSR count). The Bertz CT molecular complexity index is 824. The number of aliphatic hydroxyl groups excluding tert-OH is 1. The third-order valence-electron chi connectivity index (χ3n) is 4.04. The molecule has 0 bridgehead atoms. The van der Waals surface area contributed by atoms with E-state index in [0.717, 1.165) is 11.3 Å². The number of halogens is 2. The maximum absolute atomic E-state index is 12.9. The van der Waals surface area contributed by atoms with E-state index >= 15 is 0 Å². The van der Waals surface area contributed by atoms with Gasteiger partial charge in [0, 0.05) is 18.1 Å². The van der Waals surface area contributed by atoms with E-state index < -0.39 is 6.10 Å². The van der Waals surface area contributed by atoms with E-state index in [2.05, 4.69) is 0 Å². The van der Waals surface area contributed by atoms with Crippen LogP contribution < -0.4 is 4.74 Å². The number of nitrogens with zero attached hydrogens (tertiary/aromatic N) is 1. The molecule has 0 saturated carbocycles. The van der Waals surface area contributed by atoms with Gasteiger partial charge in [0.25, 0.3) is 0 Å². The van der Waals surface area contributed by atoms with Crippen LogP contribution in [0.1, 0.15) is 11.3 Å². The molecule has 1 heterocycles. The number of hydrogen-bond acceptors (Lipinski definition) is 4. The number of aliphatic hydroxyl groups is 1. The molecule has 4 nitrogen and oxygen atoms in total. The van der Waals surface area contributed by atoms with Crippen molar-refractivity contribution in [3.8, 4) is 5.75 Å². The standard InChI is InChI=1S/C21H21ClFNO3/c22-21-6-2-1-4-16(21)12-24(14-20-5-3-11-26-20)13-18(25)15-27-19-9-7-17(23)8-10-19/h1-11,18,25H,12-15H2. The Balaban J connectivity index is 1.61. The van der Waals surface area contributed by atoms with Crippen LogP contribution in [0.15, 0.2) is 71.3 Å². The zero-order valence-corrected chi connectivity index (χ0v) is 15.5. The van der Waals surface area contributed by atoms with E-state index in [9.17, 15) is 9.50 Å². The summed E-state index contributed by atoms with van der Waals surface area (Å²) in [5, 5.41) is 11.1. The van der Waals surface area contributed by atoms with E-state index in [1.54, 1.807) is 6.26 Å². The first-order chi connectivity index (χ1) is 13.1. The summed E-state index contributed by atoms with van der Waals surface area (Å²) in [7, 11) is 0. The molecule has 6 heteroatoms. The fourth-order valence-corrected chi connectivity index (χ4v) is 2.94. The van der Waals surface area contributed by atoms with E-state index in [4.69, 9.17) is 20.8 Å².